The van der Waals surface area contributed by atoms with Gasteiger partial charge in [0.05, 0.1) is 0 Å². The number of hydrogen-bond donors (Lipinski definition) is 1. The van der Waals surface area contributed by atoms with Crippen molar-refractivity contribution in [3.05, 3.63) is 0 Å². The van der Waals surface area contributed by atoms with E-state index in [-0.39, 0.29) is 6.04 Å². The molecule has 0 heterocycles. The van der Waals surface area contributed by atoms with Crippen LogP contribution in [0.4, 0.5) is 0 Å². The zero-order valence-corrected chi connectivity index (χ0v) is 6.06. The molecule has 1 heteroatoms. The van der Waals surface area contributed by atoms with Gasteiger partial charge < -0.3 is 5.73 Å². The predicted molar refractivity (Wildman–Crippen MR) is 41.0 cm³/mol. The summed E-state index contributed by atoms with van der Waals surface area (Å²) < 4.78 is 0. The van der Waals surface area contributed by atoms with Crippen LogP contribution < -0.4 is 5.73 Å². The summed E-state index contributed by atoms with van der Waals surface area (Å²) in [5.41, 5.74) is 5.63. The maximum Gasteiger partial charge on any atom is 0.0238 e. The Hall–Kier alpha value is -0.480. The molecule has 0 aromatic carbocycles. The summed E-state index contributed by atoms with van der Waals surface area (Å²) in [5.74, 6) is 2.55. The number of rotatable bonds is 4. The molecule has 0 saturated heterocycles. The number of terminal acetylenes is 1. The molecule has 0 fully saturated rings. The number of unbranched alkanes of at least 4 members (excludes halogenated alkanes) is 1. The van der Waals surface area contributed by atoms with Gasteiger partial charge in [0.25, 0.3) is 0 Å². The Morgan fingerprint density at radius 3 is 2.78 bits per heavy atom. The molecule has 0 aliphatic rings. The molecule has 0 amide bonds. The van der Waals surface area contributed by atoms with Crippen LogP contribution in [0.3, 0.4) is 0 Å². The second-order valence-corrected chi connectivity index (χ2v) is 2.31. The lowest BCUT2D eigenvalue weighted by atomic mass is 10.1. The predicted octanol–water partition coefficient (Wildman–Crippen LogP) is 1.53. The van der Waals surface area contributed by atoms with Crippen LogP contribution in [0, 0.1) is 12.3 Å². The third-order valence-corrected chi connectivity index (χ3v) is 1.31. The van der Waals surface area contributed by atoms with Gasteiger partial charge >= 0.3 is 0 Å². The van der Waals surface area contributed by atoms with E-state index in [0.717, 1.165) is 12.8 Å². The van der Waals surface area contributed by atoms with Gasteiger partial charge in [0.1, 0.15) is 0 Å². The van der Waals surface area contributed by atoms with E-state index in [2.05, 4.69) is 12.8 Å². The van der Waals surface area contributed by atoms with Crippen LogP contribution in [0.2, 0.25) is 0 Å². The van der Waals surface area contributed by atoms with Crippen LogP contribution >= 0.6 is 0 Å². The van der Waals surface area contributed by atoms with Crippen LogP contribution in [-0.2, 0) is 0 Å². The van der Waals surface area contributed by atoms with Crippen molar-refractivity contribution >= 4 is 0 Å². The maximum absolute atomic E-state index is 5.63. The molecule has 0 aromatic rings. The molecule has 0 radical (unpaired) electrons. The molecular formula is C8H15N. The molecular weight excluding hydrogens is 110 g/mol. The van der Waals surface area contributed by atoms with E-state index in [1.807, 2.05) is 0 Å². The molecule has 52 valence electrons. The quantitative estimate of drug-likeness (QED) is 0.566. The lowest BCUT2D eigenvalue weighted by Gasteiger charge is -2.04. The van der Waals surface area contributed by atoms with E-state index in [1.165, 1.54) is 12.8 Å². The van der Waals surface area contributed by atoms with Gasteiger partial charge in [-0.25, -0.2) is 0 Å². The molecule has 0 saturated carbocycles. The van der Waals surface area contributed by atoms with Gasteiger partial charge in [0, 0.05) is 12.5 Å². The summed E-state index contributed by atoms with van der Waals surface area (Å²) in [4.78, 5) is 0. The Bertz CT molecular complexity index is 91.2. The van der Waals surface area contributed by atoms with Crippen molar-refractivity contribution in [1.29, 1.82) is 0 Å². The van der Waals surface area contributed by atoms with Gasteiger partial charge in [-0.05, 0) is 6.42 Å². The van der Waals surface area contributed by atoms with Crippen LogP contribution in [0.25, 0.3) is 0 Å². The molecule has 0 aromatic heterocycles. The molecule has 0 bridgehead atoms. The average molecular weight is 125 g/mol. The topological polar surface area (TPSA) is 26.0 Å². The first-order valence-electron chi connectivity index (χ1n) is 3.50. The number of hydrogen-bond acceptors (Lipinski definition) is 1. The van der Waals surface area contributed by atoms with Crippen molar-refractivity contribution < 1.29 is 0 Å². The summed E-state index contributed by atoms with van der Waals surface area (Å²) in [7, 11) is 0. The van der Waals surface area contributed by atoms with Crippen LogP contribution in [0.5, 0.6) is 0 Å². The summed E-state index contributed by atoms with van der Waals surface area (Å²) >= 11 is 0. The van der Waals surface area contributed by atoms with Gasteiger partial charge in [-0.2, -0.15) is 0 Å². The minimum atomic E-state index is 0.231. The lowest BCUT2D eigenvalue weighted by molar-refractivity contribution is 0.588. The fourth-order valence-electron chi connectivity index (χ4n) is 0.720. The van der Waals surface area contributed by atoms with E-state index in [1.54, 1.807) is 0 Å². The van der Waals surface area contributed by atoms with E-state index in [9.17, 15) is 0 Å². The zero-order valence-electron chi connectivity index (χ0n) is 6.06. The Balaban J connectivity index is 3.08. The van der Waals surface area contributed by atoms with E-state index >= 15 is 0 Å². The van der Waals surface area contributed by atoms with Crippen molar-refractivity contribution in [2.24, 2.45) is 5.73 Å². The fraction of sp³-hybridized carbons (Fsp3) is 0.750. The third kappa shape index (κ3) is 5.39. The van der Waals surface area contributed by atoms with Crippen molar-refractivity contribution in [1.82, 2.24) is 0 Å². The van der Waals surface area contributed by atoms with Crippen LogP contribution in [0.15, 0.2) is 0 Å². The monoisotopic (exact) mass is 125 g/mol. The summed E-state index contributed by atoms with van der Waals surface area (Å²) in [5, 5.41) is 0. The van der Waals surface area contributed by atoms with Gasteiger partial charge in [0.15, 0.2) is 0 Å². The van der Waals surface area contributed by atoms with Gasteiger partial charge in [0.2, 0.25) is 0 Å². The first-order valence-corrected chi connectivity index (χ1v) is 3.50. The SMILES string of the molecule is C#CC[C@@H](N)CCCC. The second kappa shape index (κ2) is 5.65. The minimum absolute atomic E-state index is 0.231. The zero-order chi connectivity index (χ0) is 7.11. The fourth-order valence-corrected chi connectivity index (χ4v) is 0.720. The highest BCUT2D eigenvalue weighted by atomic mass is 14.6. The normalized spacial score (nSPS) is 12.6. The van der Waals surface area contributed by atoms with Crippen molar-refractivity contribution in [2.75, 3.05) is 0 Å². The van der Waals surface area contributed by atoms with Crippen LogP contribution in [-0.4, -0.2) is 6.04 Å². The lowest BCUT2D eigenvalue weighted by Crippen LogP contribution is -2.18. The molecule has 2 N–H and O–H groups in total. The molecule has 0 aliphatic carbocycles. The van der Waals surface area contributed by atoms with Crippen LogP contribution in [0.1, 0.15) is 32.6 Å². The minimum Gasteiger partial charge on any atom is -0.327 e. The van der Waals surface area contributed by atoms with E-state index in [0.29, 0.717) is 0 Å². The Morgan fingerprint density at radius 2 is 2.33 bits per heavy atom. The van der Waals surface area contributed by atoms with E-state index < -0.39 is 0 Å². The second-order valence-electron chi connectivity index (χ2n) is 2.31. The number of nitrogens with two attached hydrogens (primary N) is 1. The summed E-state index contributed by atoms with van der Waals surface area (Å²) in [6, 6.07) is 0.231. The highest BCUT2D eigenvalue weighted by Gasteiger charge is 1.96. The molecule has 0 rings (SSSR count). The average Bonchev–Trinajstić information content (AvgIpc) is 1.85. The Labute approximate surface area is 57.6 Å². The highest BCUT2D eigenvalue weighted by Crippen LogP contribution is 1.99. The molecule has 0 unspecified atom stereocenters. The summed E-state index contributed by atoms with van der Waals surface area (Å²) in [6.45, 7) is 2.16. The maximum atomic E-state index is 5.63. The van der Waals surface area contributed by atoms with Crippen molar-refractivity contribution in [3.8, 4) is 12.3 Å². The third-order valence-electron chi connectivity index (χ3n) is 1.31. The summed E-state index contributed by atoms with van der Waals surface area (Å²) in [6.07, 6.45) is 9.27. The van der Waals surface area contributed by atoms with Gasteiger partial charge in [-0.1, -0.05) is 19.8 Å². The molecule has 1 atom stereocenters. The Morgan fingerprint density at radius 1 is 1.67 bits per heavy atom. The van der Waals surface area contributed by atoms with Crippen molar-refractivity contribution in [3.63, 3.8) is 0 Å². The Kier molecular flexibility index (Phi) is 5.35. The van der Waals surface area contributed by atoms with Gasteiger partial charge in [-0.15, -0.1) is 12.3 Å². The highest BCUT2D eigenvalue weighted by molar-refractivity contribution is 4.88. The van der Waals surface area contributed by atoms with Gasteiger partial charge in [-0.3, -0.25) is 0 Å². The molecule has 9 heavy (non-hydrogen) atoms. The first kappa shape index (κ1) is 8.52. The largest absolute Gasteiger partial charge is 0.327 e. The smallest absolute Gasteiger partial charge is 0.0238 e. The molecule has 0 aliphatic heterocycles. The standard InChI is InChI=1S/C8H15N/c1-3-5-7-8(9)6-4-2/h2,8H,3,5-7,9H2,1H3/t8-/m1/s1. The van der Waals surface area contributed by atoms with Crippen molar-refractivity contribution in [2.45, 2.75) is 38.6 Å². The molecule has 1 nitrogen and oxygen atoms in total. The van der Waals surface area contributed by atoms with E-state index in [4.69, 9.17) is 12.2 Å². The molecule has 0 spiro atoms. The first-order chi connectivity index (χ1) is 4.31.